The molecule has 0 bridgehead atoms. The van der Waals surface area contributed by atoms with Crippen molar-refractivity contribution in [3.63, 3.8) is 0 Å². The highest BCUT2D eigenvalue weighted by Gasteiger charge is 2.31. The Bertz CT molecular complexity index is 495. The predicted octanol–water partition coefficient (Wildman–Crippen LogP) is 3.06. The molecule has 1 rings (SSSR count). The molecule has 1 aromatic carbocycles. The lowest BCUT2D eigenvalue weighted by molar-refractivity contribution is 0.225. The molecule has 90 valence electrons. The Morgan fingerprint density at radius 3 is 2.31 bits per heavy atom. The van der Waals surface area contributed by atoms with Crippen LogP contribution in [0.5, 0.6) is 0 Å². The molecule has 5 heteroatoms. The van der Waals surface area contributed by atoms with E-state index in [1.807, 2.05) is 13.8 Å². The summed E-state index contributed by atoms with van der Waals surface area (Å²) < 4.78 is 36.0. The van der Waals surface area contributed by atoms with Gasteiger partial charge in [-0.25, -0.2) is 12.8 Å². The highest BCUT2D eigenvalue weighted by atomic mass is 35.7. The number of halogens is 2. The van der Waals surface area contributed by atoms with Crippen LogP contribution in [0.1, 0.15) is 23.6 Å². The highest BCUT2D eigenvalue weighted by molar-refractivity contribution is 8.13. The van der Waals surface area contributed by atoms with Gasteiger partial charge in [-0.05, 0) is 37.5 Å². The summed E-state index contributed by atoms with van der Waals surface area (Å²) in [6.45, 7) is 4.98. The van der Waals surface area contributed by atoms with Crippen LogP contribution in [-0.4, -0.2) is 14.2 Å². The second-order valence-corrected chi connectivity index (χ2v) is 6.96. The number of alkyl halides is 1. The summed E-state index contributed by atoms with van der Waals surface area (Å²) in [4.78, 5) is 0. The van der Waals surface area contributed by atoms with Crippen molar-refractivity contribution in [1.29, 1.82) is 0 Å². The molecule has 0 radical (unpaired) electrons. The summed E-state index contributed by atoms with van der Waals surface area (Å²) in [6, 6.07) is 5.01. The molecule has 0 saturated heterocycles. The molecule has 16 heavy (non-hydrogen) atoms. The molecule has 0 aliphatic heterocycles. The van der Waals surface area contributed by atoms with Crippen molar-refractivity contribution < 1.29 is 12.8 Å². The van der Waals surface area contributed by atoms with Gasteiger partial charge in [0.1, 0.15) is 11.4 Å². The van der Waals surface area contributed by atoms with Crippen LogP contribution in [-0.2, 0) is 14.7 Å². The molecule has 0 aliphatic rings. The lowest BCUT2D eigenvalue weighted by Crippen LogP contribution is -2.24. The summed E-state index contributed by atoms with van der Waals surface area (Å²) in [5, 5.41) is 0. The maximum Gasteiger partial charge on any atom is 0.236 e. The Balaban J connectivity index is 3.12. The van der Waals surface area contributed by atoms with Crippen LogP contribution in [0.3, 0.4) is 0 Å². The first-order valence-corrected chi connectivity index (χ1v) is 7.29. The number of aryl methyl sites for hydroxylation is 2. The molecule has 0 fully saturated rings. The summed E-state index contributed by atoms with van der Waals surface area (Å²) in [6.07, 6.45) is 0. The van der Waals surface area contributed by atoms with Gasteiger partial charge in [0, 0.05) is 10.7 Å². The topological polar surface area (TPSA) is 34.1 Å². The van der Waals surface area contributed by atoms with Crippen molar-refractivity contribution >= 4 is 19.7 Å². The van der Waals surface area contributed by atoms with Crippen LogP contribution in [0.25, 0.3) is 0 Å². The first-order chi connectivity index (χ1) is 7.12. The number of hydrogen-bond donors (Lipinski definition) is 0. The summed E-state index contributed by atoms with van der Waals surface area (Å²) in [5.41, 5.74) is 0.334. The van der Waals surface area contributed by atoms with Crippen molar-refractivity contribution in [1.82, 2.24) is 0 Å². The van der Waals surface area contributed by atoms with Crippen molar-refractivity contribution in [2.75, 3.05) is 5.75 Å². The van der Waals surface area contributed by atoms with E-state index in [2.05, 4.69) is 0 Å². The van der Waals surface area contributed by atoms with Gasteiger partial charge in [-0.2, -0.15) is 0 Å². The van der Waals surface area contributed by atoms with E-state index < -0.39 is 20.5 Å². The Morgan fingerprint density at radius 2 is 1.88 bits per heavy atom. The van der Waals surface area contributed by atoms with Gasteiger partial charge in [0.15, 0.2) is 0 Å². The molecule has 0 heterocycles. The largest absolute Gasteiger partial charge is 0.238 e. The number of benzene rings is 1. The van der Waals surface area contributed by atoms with E-state index in [4.69, 9.17) is 10.7 Å². The van der Waals surface area contributed by atoms with Crippen molar-refractivity contribution in [3.05, 3.63) is 34.9 Å². The molecular formula is C11H14ClFO2S. The average molecular weight is 265 g/mol. The molecule has 2 nitrogen and oxygen atoms in total. The molecule has 1 aromatic rings. The highest BCUT2D eigenvalue weighted by Crippen LogP contribution is 2.29. The molecular weight excluding hydrogens is 251 g/mol. The van der Waals surface area contributed by atoms with Crippen LogP contribution in [0.4, 0.5) is 4.39 Å². The third-order valence-corrected chi connectivity index (χ3v) is 3.77. The molecule has 1 atom stereocenters. The van der Waals surface area contributed by atoms with Crippen molar-refractivity contribution in [3.8, 4) is 0 Å². The molecule has 0 saturated carbocycles. The Hall–Kier alpha value is -0.610. The Labute approximate surface area is 99.9 Å². The quantitative estimate of drug-likeness (QED) is 0.787. The minimum Gasteiger partial charge on any atom is -0.238 e. The first-order valence-electron chi connectivity index (χ1n) is 4.81. The molecule has 0 aromatic heterocycles. The van der Waals surface area contributed by atoms with Gasteiger partial charge in [-0.3, -0.25) is 0 Å². The second-order valence-electron chi connectivity index (χ2n) is 4.18. The third-order valence-electron chi connectivity index (χ3n) is 2.55. The van der Waals surface area contributed by atoms with Crippen molar-refractivity contribution in [2.24, 2.45) is 0 Å². The Morgan fingerprint density at radius 1 is 1.31 bits per heavy atom. The maximum absolute atomic E-state index is 14.2. The number of rotatable bonds is 3. The van der Waals surface area contributed by atoms with E-state index in [1.165, 1.54) is 6.92 Å². The minimum atomic E-state index is -3.86. The smallest absolute Gasteiger partial charge is 0.236 e. The molecule has 0 N–H and O–H groups in total. The second kappa shape index (κ2) is 4.34. The molecule has 0 spiro atoms. The SMILES string of the molecule is Cc1ccc(C(C)(F)CS(=O)(=O)Cl)cc1C. The lowest BCUT2D eigenvalue weighted by Gasteiger charge is -2.20. The van der Waals surface area contributed by atoms with Gasteiger partial charge in [0.25, 0.3) is 0 Å². The van der Waals surface area contributed by atoms with Crippen LogP contribution in [0, 0.1) is 13.8 Å². The average Bonchev–Trinajstić information content (AvgIpc) is 2.05. The third kappa shape index (κ3) is 3.46. The standard InChI is InChI=1S/C11H14ClFO2S/c1-8-4-5-10(6-9(8)2)11(3,13)7-16(12,14)15/h4-6H,7H2,1-3H3. The van der Waals surface area contributed by atoms with Gasteiger partial charge < -0.3 is 0 Å². The fraction of sp³-hybridized carbons (Fsp3) is 0.455. The first kappa shape index (κ1) is 13.5. The van der Waals surface area contributed by atoms with Gasteiger partial charge in [-0.15, -0.1) is 0 Å². The fourth-order valence-electron chi connectivity index (χ4n) is 1.47. The Kier molecular flexibility index (Phi) is 3.65. The summed E-state index contributed by atoms with van der Waals surface area (Å²) in [7, 11) is 1.22. The normalized spacial score (nSPS) is 15.8. The van der Waals surface area contributed by atoms with E-state index in [9.17, 15) is 12.8 Å². The maximum atomic E-state index is 14.2. The minimum absolute atomic E-state index is 0.333. The van der Waals surface area contributed by atoms with E-state index in [-0.39, 0.29) is 0 Å². The lowest BCUT2D eigenvalue weighted by atomic mass is 9.96. The molecule has 0 amide bonds. The van der Waals surface area contributed by atoms with E-state index in [0.29, 0.717) is 5.56 Å². The van der Waals surface area contributed by atoms with E-state index in [1.54, 1.807) is 18.2 Å². The van der Waals surface area contributed by atoms with Gasteiger partial charge in [0.2, 0.25) is 9.05 Å². The van der Waals surface area contributed by atoms with Crippen LogP contribution < -0.4 is 0 Å². The summed E-state index contributed by atoms with van der Waals surface area (Å²) in [5.74, 6) is -0.718. The summed E-state index contributed by atoms with van der Waals surface area (Å²) >= 11 is 0. The van der Waals surface area contributed by atoms with Crippen LogP contribution in [0.15, 0.2) is 18.2 Å². The fourth-order valence-corrected chi connectivity index (χ4v) is 2.90. The zero-order chi connectivity index (χ0) is 12.6. The van der Waals surface area contributed by atoms with Crippen LogP contribution in [0.2, 0.25) is 0 Å². The van der Waals surface area contributed by atoms with Gasteiger partial charge in [0.05, 0.1) is 0 Å². The number of hydrogen-bond acceptors (Lipinski definition) is 2. The predicted molar refractivity (Wildman–Crippen MR) is 64.0 cm³/mol. The van der Waals surface area contributed by atoms with Gasteiger partial charge >= 0.3 is 0 Å². The van der Waals surface area contributed by atoms with Gasteiger partial charge in [-0.1, -0.05) is 18.2 Å². The monoisotopic (exact) mass is 264 g/mol. The zero-order valence-electron chi connectivity index (χ0n) is 9.42. The molecule has 0 aliphatic carbocycles. The van der Waals surface area contributed by atoms with Crippen molar-refractivity contribution in [2.45, 2.75) is 26.4 Å². The molecule has 1 unspecified atom stereocenters. The van der Waals surface area contributed by atoms with E-state index in [0.717, 1.165) is 11.1 Å². The van der Waals surface area contributed by atoms with Crippen LogP contribution >= 0.6 is 10.7 Å². The van der Waals surface area contributed by atoms with E-state index >= 15 is 0 Å². The zero-order valence-corrected chi connectivity index (χ0v) is 11.0.